The second-order valence-electron chi connectivity index (χ2n) is 4.00. The third-order valence-corrected chi connectivity index (χ3v) is 2.62. The number of ether oxygens (including phenoxy) is 1. The van der Waals surface area contributed by atoms with Gasteiger partial charge < -0.3 is 9.64 Å². The van der Waals surface area contributed by atoms with E-state index in [1.165, 1.54) is 0 Å². The topological polar surface area (TPSA) is 71.2 Å². The molecule has 0 fully saturated rings. The van der Waals surface area contributed by atoms with Crippen LogP contribution in [0.4, 0.5) is 5.82 Å². The summed E-state index contributed by atoms with van der Waals surface area (Å²) in [5.41, 5.74) is 1.24. The fourth-order valence-corrected chi connectivity index (χ4v) is 1.81. The van der Waals surface area contributed by atoms with Crippen LogP contribution in [0, 0.1) is 18.3 Å². The summed E-state index contributed by atoms with van der Waals surface area (Å²) in [6.45, 7) is 4.45. The van der Waals surface area contributed by atoms with E-state index in [0.717, 1.165) is 5.82 Å². The molecular formula is C12H18N4O2. The lowest BCUT2D eigenvalue weighted by molar-refractivity contribution is -0.142. The second kappa shape index (κ2) is 6.05. The minimum absolute atomic E-state index is 0.234. The highest BCUT2D eigenvalue weighted by Gasteiger charge is 2.17. The molecule has 0 aliphatic rings. The highest BCUT2D eigenvalue weighted by molar-refractivity contribution is 5.70. The zero-order chi connectivity index (χ0) is 13.7. The predicted molar refractivity (Wildman–Crippen MR) is 67.2 cm³/mol. The molecular weight excluding hydrogens is 232 g/mol. The summed E-state index contributed by atoms with van der Waals surface area (Å²) in [6.07, 6.45) is 0.291. The van der Waals surface area contributed by atoms with E-state index in [1.807, 2.05) is 11.9 Å². The minimum Gasteiger partial charge on any atom is -0.466 e. The van der Waals surface area contributed by atoms with Crippen molar-refractivity contribution in [2.45, 2.75) is 20.3 Å². The Labute approximate surface area is 107 Å². The maximum absolute atomic E-state index is 11.3. The van der Waals surface area contributed by atoms with Crippen molar-refractivity contribution in [2.24, 2.45) is 7.05 Å². The lowest BCUT2D eigenvalue weighted by atomic mass is 10.2. The zero-order valence-electron chi connectivity index (χ0n) is 11.2. The molecule has 1 heterocycles. The van der Waals surface area contributed by atoms with Crippen molar-refractivity contribution >= 4 is 11.8 Å². The highest BCUT2D eigenvalue weighted by atomic mass is 16.5. The standard InChI is InChI=1S/C12H18N4O2/c1-5-18-11(17)6-7-15(3)12-10(8-13)9(2)14-16(12)4/h5-7H2,1-4H3. The van der Waals surface area contributed by atoms with Gasteiger partial charge in [0.1, 0.15) is 17.5 Å². The quantitative estimate of drug-likeness (QED) is 0.729. The summed E-state index contributed by atoms with van der Waals surface area (Å²) in [5.74, 6) is 0.487. The molecule has 0 bridgehead atoms. The Hall–Kier alpha value is -2.03. The smallest absolute Gasteiger partial charge is 0.307 e. The molecule has 0 atom stereocenters. The van der Waals surface area contributed by atoms with Crippen molar-refractivity contribution < 1.29 is 9.53 Å². The molecule has 1 aromatic rings. The van der Waals surface area contributed by atoms with E-state index in [-0.39, 0.29) is 5.97 Å². The summed E-state index contributed by atoms with van der Waals surface area (Å²) in [6, 6.07) is 2.14. The largest absolute Gasteiger partial charge is 0.466 e. The van der Waals surface area contributed by atoms with E-state index in [9.17, 15) is 4.79 Å². The van der Waals surface area contributed by atoms with Gasteiger partial charge in [-0.05, 0) is 13.8 Å². The number of nitrogens with zero attached hydrogens (tertiary/aromatic N) is 4. The molecule has 18 heavy (non-hydrogen) atoms. The average molecular weight is 250 g/mol. The zero-order valence-corrected chi connectivity index (χ0v) is 11.2. The third-order valence-electron chi connectivity index (χ3n) is 2.62. The Kier molecular flexibility index (Phi) is 4.72. The molecule has 1 rings (SSSR count). The maximum atomic E-state index is 11.3. The number of aromatic nitrogens is 2. The van der Waals surface area contributed by atoms with Crippen LogP contribution >= 0.6 is 0 Å². The van der Waals surface area contributed by atoms with Crippen molar-refractivity contribution in [3.63, 3.8) is 0 Å². The lowest BCUT2D eigenvalue weighted by Gasteiger charge is -2.18. The van der Waals surface area contributed by atoms with Crippen LogP contribution in [0.1, 0.15) is 24.6 Å². The van der Waals surface area contributed by atoms with E-state index in [4.69, 9.17) is 10.00 Å². The lowest BCUT2D eigenvalue weighted by Crippen LogP contribution is -2.24. The summed E-state index contributed by atoms with van der Waals surface area (Å²) >= 11 is 0. The third kappa shape index (κ3) is 3.00. The number of nitriles is 1. The Morgan fingerprint density at radius 2 is 2.28 bits per heavy atom. The van der Waals surface area contributed by atoms with Crippen molar-refractivity contribution in [3.05, 3.63) is 11.3 Å². The number of hydrogen-bond donors (Lipinski definition) is 0. The second-order valence-corrected chi connectivity index (χ2v) is 4.00. The van der Waals surface area contributed by atoms with Crippen LogP contribution in [-0.2, 0) is 16.6 Å². The molecule has 0 unspecified atom stereocenters. The van der Waals surface area contributed by atoms with Crippen molar-refractivity contribution in [3.8, 4) is 6.07 Å². The molecule has 0 N–H and O–H groups in total. The SMILES string of the molecule is CCOC(=O)CCN(C)c1c(C#N)c(C)nn1C. The Morgan fingerprint density at radius 1 is 1.61 bits per heavy atom. The van der Waals surface area contributed by atoms with Crippen LogP contribution in [-0.4, -0.2) is 35.9 Å². The van der Waals surface area contributed by atoms with Gasteiger partial charge in [0.2, 0.25) is 0 Å². The summed E-state index contributed by atoms with van der Waals surface area (Å²) in [4.78, 5) is 13.1. The van der Waals surface area contributed by atoms with E-state index in [2.05, 4.69) is 11.2 Å². The Balaban J connectivity index is 2.76. The number of carbonyl (C=O) groups excluding carboxylic acids is 1. The predicted octanol–water partition coefficient (Wildman–Crippen LogP) is 0.990. The number of aryl methyl sites for hydroxylation is 2. The molecule has 0 aromatic carbocycles. The molecule has 1 aromatic heterocycles. The molecule has 0 amide bonds. The monoisotopic (exact) mass is 250 g/mol. The molecule has 6 heteroatoms. The van der Waals surface area contributed by atoms with Crippen LogP contribution in [0.3, 0.4) is 0 Å². The average Bonchev–Trinajstić information content (AvgIpc) is 2.60. The number of hydrogen-bond acceptors (Lipinski definition) is 5. The Bertz CT molecular complexity index is 473. The molecule has 0 saturated carbocycles. The number of anilines is 1. The molecule has 0 radical (unpaired) electrons. The van der Waals surface area contributed by atoms with Crippen molar-refractivity contribution in [1.29, 1.82) is 5.26 Å². The van der Waals surface area contributed by atoms with Gasteiger partial charge in [-0.15, -0.1) is 0 Å². The fraction of sp³-hybridized carbons (Fsp3) is 0.583. The number of rotatable bonds is 5. The van der Waals surface area contributed by atoms with Gasteiger partial charge in [-0.1, -0.05) is 0 Å². The van der Waals surface area contributed by atoms with Crippen LogP contribution in [0.25, 0.3) is 0 Å². The fourth-order valence-electron chi connectivity index (χ4n) is 1.81. The molecule has 0 saturated heterocycles. The van der Waals surface area contributed by atoms with Gasteiger partial charge in [-0.25, -0.2) is 0 Å². The minimum atomic E-state index is -0.234. The van der Waals surface area contributed by atoms with Crippen LogP contribution in [0.2, 0.25) is 0 Å². The molecule has 0 aliphatic heterocycles. The highest BCUT2D eigenvalue weighted by Crippen LogP contribution is 2.21. The van der Waals surface area contributed by atoms with E-state index in [0.29, 0.717) is 30.8 Å². The summed E-state index contributed by atoms with van der Waals surface area (Å²) in [5, 5.41) is 13.3. The summed E-state index contributed by atoms with van der Waals surface area (Å²) in [7, 11) is 3.61. The normalized spacial score (nSPS) is 9.94. The first-order valence-corrected chi connectivity index (χ1v) is 5.81. The van der Waals surface area contributed by atoms with Gasteiger partial charge in [0.15, 0.2) is 0 Å². The van der Waals surface area contributed by atoms with Crippen LogP contribution in [0.5, 0.6) is 0 Å². The van der Waals surface area contributed by atoms with Crippen molar-refractivity contribution in [1.82, 2.24) is 9.78 Å². The van der Waals surface area contributed by atoms with Gasteiger partial charge in [-0.2, -0.15) is 10.4 Å². The molecule has 0 spiro atoms. The van der Waals surface area contributed by atoms with Crippen LogP contribution in [0.15, 0.2) is 0 Å². The maximum Gasteiger partial charge on any atom is 0.307 e. The Morgan fingerprint density at radius 3 is 2.83 bits per heavy atom. The van der Waals surface area contributed by atoms with Gasteiger partial charge in [0.25, 0.3) is 0 Å². The van der Waals surface area contributed by atoms with E-state index in [1.54, 1.807) is 25.6 Å². The number of carbonyl (C=O) groups is 1. The van der Waals surface area contributed by atoms with Gasteiger partial charge >= 0.3 is 5.97 Å². The van der Waals surface area contributed by atoms with Crippen molar-refractivity contribution in [2.75, 3.05) is 25.1 Å². The molecule has 6 nitrogen and oxygen atoms in total. The van der Waals surface area contributed by atoms with Gasteiger partial charge in [0.05, 0.1) is 18.7 Å². The molecule has 0 aliphatic carbocycles. The first-order chi connectivity index (χ1) is 8.51. The number of esters is 1. The van der Waals surface area contributed by atoms with E-state index >= 15 is 0 Å². The summed E-state index contributed by atoms with van der Waals surface area (Å²) < 4.78 is 6.52. The first-order valence-electron chi connectivity index (χ1n) is 5.81. The first kappa shape index (κ1) is 14.0. The van der Waals surface area contributed by atoms with E-state index < -0.39 is 0 Å². The molecule has 98 valence electrons. The van der Waals surface area contributed by atoms with Gasteiger partial charge in [0, 0.05) is 20.6 Å². The van der Waals surface area contributed by atoms with Crippen LogP contribution < -0.4 is 4.90 Å². The van der Waals surface area contributed by atoms with Gasteiger partial charge in [-0.3, -0.25) is 9.48 Å².